The highest BCUT2D eigenvalue weighted by Crippen LogP contribution is 2.06. The summed E-state index contributed by atoms with van der Waals surface area (Å²) in [4.78, 5) is 0. The minimum atomic E-state index is 0.0780. The first-order chi connectivity index (χ1) is 9.31. The Morgan fingerprint density at radius 3 is 2.32 bits per heavy atom. The number of aliphatic hydroxyl groups is 1. The highest BCUT2D eigenvalue weighted by atomic mass is 16.3. The average molecular weight is 252 g/mol. The maximum absolute atomic E-state index is 8.96. The molecule has 2 N–H and O–H groups in total. The fourth-order valence-electron chi connectivity index (χ4n) is 1.86. The second-order valence-corrected chi connectivity index (χ2v) is 4.39. The SMILES string of the molecule is N#Cc1cccc(CNCc2ccc(CO)cc2)c1. The van der Waals surface area contributed by atoms with Crippen molar-refractivity contribution < 1.29 is 5.11 Å². The Kier molecular flexibility index (Phi) is 4.68. The van der Waals surface area contributed by atoms with Gasteiger partial charge in [-0.2, -0.15) is 5.26 Å². The number of aliphatic hydroxyl groups excluding tert-OH is 1. The van der Waals surface area contributed by atoms with E-state index in [1.165, 1.54) is 5.56 Å². The van der Waals surface area contributed by atoms with Gasteiger partial charge in [0.05, 0.1) is 18.2 Å². The Bertz CT molecular complexity index is 570. The fourth-order valence-corrected chi connectivity index (χ4v) is 1.86. The minimum absolute atomic E-state index is 0.0780. The quantitative estimate of drug-likeness (QED) is 0.858. The van der Waals surface area contributed by atoms with Gasteiger partial charge in [0.2, 0.25) is 0 Å². The van der Waals surface area contributed by atoms with E-state index >= 15 is 0 Å². The molecule has 0 aliphatic heterocycles. The van der Waals surface area contributed by atoms with Crippen LogP contribution in [0.15, 0.2) is 48.5 Å². The van der Waals surface area contributed by atoms with Crippen LogP contribution >= 0.6 is 0 Å². The molecule has 0 saturated carbocycles. The van der Waals surface area contributed by atoms with Gasteiger partial charge in [0, 0.05) is 13.1 Å². The summed E-state index contributed by atoms with van der Waals surface area (Å²) in [5, 5.41) is 21.1. The number of hydrogen-bond donors (Lipinski definition) is 2. The summed E-state index contributed by atoms with van der Waals surface area (Å²) in [5.74, 6) is 0. The highest BCUT2D eigenvalue weighted by Gasteiger charge is 1.97. The van der Waals surface area contributed by atoms with Gasteiger partial charge < -0.3 is 10.4 Å². The van der Waals surface area contributed by atoms with Crippen LogP contribution in [-0.4, -0.2) is 5.11 Å². The summed E-state index contributed by atoms with van der Waals surface area (Å²) in [6.45, 7) is 1.58. The van der Waals surface area contributed by atoms with Crippen molar-refractivity contribution in [3.8, 4) is 6.07 Å². The van der Waals surface area contributed by atoms with Crippen molar-refractivity contribution in [1.29, 1.82) is 5.26 Å². The molecule has 3 heteroatoms. The maximum Gasteiger partial charge on any atom is 0.0991 e. The average Bonchev–Trinajstić information content (AvgIpc) is 2.48. The third-order valence-corrected chi connectivity index (χ3v) is 2.92. The van der Waals surface area contributed by atoms with Crippen LogP contribution in [-0.2, 0) is 19.7 Å². The first kappa shape index (κ1) is 13.3. The molecule has 0 amide bonds. The highest BCUT2D eigenvalue weighted by molar-refractivity contribution is 5.32. The molecule has 0 atom stereocenters. The van der Waals surface area contributed by atoms with Crippen LogP contribution in [0.5, 0.6) is 0 Å². The van der Waals surface area contributed by atoms with E-state index in [9.17, 15) is 0 Å². The molecule has 0 heterocycles. The van der Waals surface area contributed by atoms with Crippen LogP contribution in [0.2, 0.25) is 0 Å². The van der Waals surface area contributed by atoms with Crippen LogP contribution in [0.1, 0.15) is 22.3 Å². The van der Waals surface area contributed by atoms with Gasteiger partial charge >= 0.3 is 0 Å². The van der Waals surface area contributed by atoms with Gasteiger partial charge in [0.15, 0.2) is 0 Å². The number of rotatable bonds is 5. The Labute approximate surface area is 113 Å². The van der Waals surface area contributed by atoms with Gasteiger partial charge in [-0.25, -0.2) is 0 Å². The van der Waals surface area contributed by atoms with Crippen LogP contribution in [0.3, 0.4) is 0 Å². The zero-order valence-electron chi connectivity index (χ0n) is 10.6. The van der Waals surface area contributed by atoms with E-state index in [1.807, 2.05) is 42.5 Å². The molecular weight excluding hydrogens is 236 g/mol. The molecule has 0 aliphatic carbocycles. The standard InChI is InChI=1S/C16H16N2O/c17-9-15-2-1-3-16(8-15)11-18-10-13-4-6-14(12-19)7-5-13/h1-8,18-19H,10-12H2. The van der Waals surface area contributed by atoms with Crippen molar-refractivity contribution in [2.45, 2.75) is 19.7 Å². The zero-order chi connectivity index (χ0) is 13.5. The minimum Gasteiger partial charge on any atom is -0.392 e. The molecule has 0 saturated heterocycles. The number of nitrogens with zero attached hydrogens (tertiary/aromatic N) is 1. The summed E-state index contributed by atoms with van der Waals surface area (Å²) in [5.41, 5.74) is 3.89. The topological polar surface area (TPSA) is 56.0 Å². The van der Waals surface area contributed by atoms with E-state index in [0.717, 1.165) is 24.2 Å². The van der Waals surface area contributed by atoms with Crippen molar-refractivity contribution in [3.63, 3.8) is 0 Å². The predicted octanol–water partition coefficient (Wildman–Crippen LogP) is 2.34. The molecule has 3 nitrogen and oxygen atoms in total. The number of nitrogens with one attached hydrogen (secondary N) is 1. The molecule has 0 radical (unpaired) electrons. The molecule has 2 rings (SSSR count). The van der Waals surface area contributed by atoms with E-state index < -0.39 is 0 Å². The monoisotopic (exact) mass is 252 g/mol. The van der Waals surface area contributed by atoms with Crippen molar-refractivity contribution in [3.05, 3.63) is 70.8 Å². The van der Waals surface area contributed by atoms with E-state index in [4.69, 9.17) is 10.4 Å². The summed E-state index contributed by atoms with van der Waals surface area (Å²) < 4.78 is 0. The van der Waals surface area contributed by atoms with Gasteiger partial charge in [-0.3, -0.25) is 0 Å². The van der Waals surface area contributed by atoms with E-state index in [0.29, 0.717) is 5.56 Å². The molecule has 0 aromatic heterocycles. The Hall–Kier alpha value is -2.15. The molecule has 96 valence electrons. The first-order valence-electron chi connectivity index (χ1n) is 6.20. The lowest BCUT2D eigenvalue weighted by atomic mass is 10.1. The van der Waals surface area contributed by atoms with Gasteiger partial charge in [-0.15, -0.1) is 0 Å². The van der Waals surface area contributed by atoms with Crippen molar-refractivity contribution in [2.24, 2.45) is 0 Å². The normalized spacial score (nSPS) is 10.1. The molecular formula is C16H16N2O. The molecule has 2 aromatic carbocycles. The molecule has 0 spiro atoms. The molecule has 19 heavy (non-hydrogen) atoms. The Balaban J connectivity index is 1.87. The number of hydrogen-bond acceptors (Lipinski definition) is 3. The predicted molar refractivity (Wildman–Crippen MR) is 74.1 cm³/mol. The number of benzene rings is 2. The van der Waals surface area contributed by atoms with Crippen LogP contribution in [0.4, 0.5) is 0 Å². The molecule has 2 aromatic rings. The second kappa shape index (κ2) is 6.69. The van der Waals surface area contributed by atoms with E-state index in [1.54, 1.807) is 6.07 Å². The number of nitriles is 1. The summed E-state index contributed by atoms with van der Waals surface area (Å²) in [6, 6.07) is 17.6. The first-order valence-corrected chi connectivity index (χ1v) is 6.20. The lowest BCUT2D eigenvalue weighted by Crippen LogP contribution is -2.12. The summed E-state index contributed by atoms with van der Waals surface area (Å²) in [7, 11) is 0. The van der Waals surface area contributed by atoms with E-state index in [2.05, 4.69) is 11.4 Å². The van der Waals surface area contributed by atoms with Crippen molar-refractivity contribution in [2.75, 3.05) is 0 Å². The fraction of sp³-hybridized carbons (Fsp3) is 0.188. The van der Waals surface area contributed by atoms with Crippen LogP contribution in [0, 0.1) is 11.3 Å². The second-order valence-electron chi connectivity index (χ2n) is 4.39. The van der Waals surface area contributed by atoms with Gasteiger partial charge in [-0.05, 0) is 28.8 Å². The van der Waals surface area contributed by atoms with E-state index in [-0.39, 0.29) is 6.61 Å². The lowest BCUT2D eigenvalue weighted by molar-refractivity contribution is 0.282. The summed E-state index contributed by atoms with van der Waals surface area (Å²) in [6.07, 6.45) is 0. The van der Waals surface area contributed by atoms with Crippen LogP contribution < -0.4 is 5.32 Å². The van der Waals surface area contributed by atoms with Gasteiger partial charge in [-0.1, -0.05) is 36.4 Å². The maximum atomic E-state index is 8.96. The molecule has 0 aliphatic rings. The Morgan fingerprint density at radius 1 is 0.947 bits per heavy atom. The molecule has 0 fully saturated rings. The smallest absolute Gasteiger partial charge is 0.0991 e. The van der Waals surface area contributed by atoms with Gasteiger partial charge in [0.25, 0.3) is 0 Å². The van der Waals surface area contributed by atoms with Gasteiger partial charge in [0.1, 0.15) is 0 Å². The third-order valence-electron chi connectivity index (χ3n) is 2.92. The zero-order valence-corrected chi connectivity index (χ0v) is 10.6. The Morgan fingerprint density at radius 2 is 1.63 bits per heavy atom. The largest absolute Gasteiger partial charge is 0.392 e. The van der Waals surface area contributed by atoms with Crippen molar-refractivity contribution >= 4 is 0 Å². The van der Waals surface area contributed by atoms with Crippen molar-refractivity contribution in [1.82, 2.24) is 5.32 Å². The third kappa shape index (κ3) is 3.92. The van der Waals surface area contributed by atoms with Crippen LogP contribution in [0.25, 0.3) is 0 Å². The molecule has 0 unspecified atom stereocenters. The lowest BCUT2D eigenvalue weighted by Gasteiger charge is -2.06. The molecule has 0 bridgehead atoms. The summed E-state index contributed by atoms with van der Waals surface area (Å²) >= 11 is 0.